The van der Waals surface area contributed by atoms with E-state index in [4.69, 9.17) is 4.74 Å². The van der Waals surface area contributed by atoms with E-state index >= 15 is 0 Å². The van der Waals surface area contributed by atoms with Gasteiger partial charge in [-0.3, -0.25) is 4.72 Å². The maximum Gasteiger partial charge on any atom is 0.418 e. The Morgan fingerprint density at radius 3 is 2.13 bits per heavy atom. The van der Waals surface area contributed by atoms with Crippen LogP contribution in [0.3, 0.4) is 0 Å². The van der Waals surface area contributed by atoms with E-state index in [1.165, 1.54) is 12.1 Å². The Bertz CT molecular complexity index is 1820. The standard InChI is InChI=1S/C25H22F9N3O7S2/c1-12-3-5-13(6-4-12)46(40,41)37-11-18(14-7-8-24(10-15(14)37,25(32,33)34)44-23(30)31)45(38,39)36-21-17(42-2)9-16(43-22(28)29)19(35-21)20(26)27/h3-6,9,11,20,22-23H,7-8,10H2,1-2H3,(H,35,36)/t24-/m0/s1. The molecular weight excluding hydrogens is 689 g/mol. The van der Waals surface area contributed by atoms with E-state index in [9.17, 15) is 56.3 Å². The van der Waals surface area contributed by atoms with Crippen molar-refractivity contribution in [1.82, 2.24) is 8.96 Å². The molecular formula is C25H22F9N3O7S2. The van der Waals surface area contributed by atoms with E-state index in [1.54, 1.807) is 11.6 Å². The molecule has 0 spiro atoms. The molecule has 2 heterocycles. The Kier molecular flexibility index (Phi) is 9.53. The molecule has 1 aliphatic rings. The Balaban J connectivity index is 1.92. The molecule has 3 aromatic rings. The van der Waals surface area contributed by atoms with Gasteiger partial charge in [-0.2, -0.15) is 30.7 Å². The number of aromatic nitrogens is 2. The molecule has 1 N–H and O–H groups in total. The number of rotatable bonds is 11. The van der Waals surface area contributed by atoms with Crippen molar-refractivity contribution in [3.05, 3.63) is 59.0 Å². The SMILES string of the molecule is COc1cc(OC(F)F)c(C(F)F)nc1NS(=O)(=O)c1cn(S(=O)(=O)c2ccc(C)cc2)c2c1CC[C@@](OC(F)F)(C(F)(F)F)C2. The summed E-state index contributed by atoms with van der Waals surface area (Å²) in [7, 11) is -9.18. The number of ether oxygens (including phenoxy) is 3. The molecule has 0 amide bonds. The number of fused-ring (bicyclic) bond motifs is 1. The van der Waals surface area contributed by atoms with Crippen LogP contribution in [-0.4, -0.2) is 57.9 Å². The Morgan fingerprint density at radius 1 is 0.978 bits per heavy atom. The summed E-state index contributed by atoms with van der Waals surface area (Å²) < 4.78 is 191. The lowest BCUT2D eigenvalue weighted by atomic mass is 9.83. The quantitative estimate of drug-likeness (QED) is 0.248. The van der Waals surface area contributed by atoms with E-state index in [2.05, 4.69) is 14.5 Å². The van der Waals surface area contributed by atoms with E-state index in [0.29, 0.717) is 17.8 Å². The van der Waals surface area contributed by atoms with Gasteiger partial charge in [-0.25, -0.2) is 34.6 Å². The Morgan fingerprint density at radius 2 is 1.61 bits per heavy atom. The number of hydrogen-bond acceptors (Lipinski definition) is 8. The first-order valence-corrected chi connectivity index (χ1v) is 15.6. The van der Waals surface area contributed by atoms with Crippen molar-refractivity contribution < 1.29 is 70.6 Å². The van der Waals surface area contributed by atoms with Crippen molar-refractivity contribution in [2.24, 2.45) is 0 Å². The molecule has 0 radical (unpaired) electrons. The number of sulfonamides is 1. The topological polar surface area (TPSA) is 126 Å². The number of hydrogen-bond donors (Lipinski definition) is 1. The van der Waals surface area contributed by atoms with Gasteiger partial charge in [0.2, 0.25) is 0 Å². The fourth-order valence-corrected chi connectivity index (χ4v) is 7.56. The van der Waals surface area contributed by atoms with Crippen LogP contribution < -0.4 is 14.2 Å². The summed E-state index contributed by atoms with van der Waals surface area (Å²) in [4.78, 5) is 1.82. The van der Waals surface area contributed by atoms with Gasteiger partial charge in [0.1, 0.15) is 4.90 Å². The van der Waals surface area contributed by atoms with Gasteiger partial charge in [-0.1, -0.05) is 17.7 Å². The molecule has 2 aromatic heterocycles. The van der Waals surface area contributed by atoms with E-state index < -0.39 is 115 Å². The number of nitrogens with one attached hydrogen (secondary N) is 1. The van der Waals surface area contributed by atoms with Crippen LogP contribution in [0.25, 0.3) is 0 Å². The number of anilines is 1. The largest absolute Gasteiger partial charge is 0.493 e. The molecule has 21 heteroatoms. The van der Waals surface area contributed by atoms with Gasteiger partial charge < -0.3 is 14.2 Å². The van der Waals surface area contributed by atoms with Crippen LogP contribution >= 0.6 is 0 Å². The maximum absolute atomic E-state index is 14.2. The first kappa shape index (κ1) is 35.1. The van der Waals surface area contributed by atoms with Gasteiger partial charge in [0.15, 0.2) is 28.6 Å². The number of halogens is 9. The van der Waals surface area contributed by atoms with Crippen LogP contribution in [0, 0.1) is 6.92 Å². The van der Waals surface area contributed by atoms with Crippen molar-refractivity contribution in [3.8, 4) is 11.5 Å². The molecule has 10 nitrogen and oxygen atoms in total. The highest BCUT2D eigenvalue weighted by Crippen LogP contribution is 2.47. The summed E-state index contributed by atoms with van der Waals surface area (Å²) in [6, 6.07) is 5.29. The van der Waals surface area contributed by atoms with Gasteiger partial charge in [0, 0.05) is 24.4 Å². The van der Waals surface area contributed by atoms with Crippen molar-refractivity contribution in [1.29, 1.82) is 0 Å². The van der Waals surface area contributed by atoms with Gasteiger partial charge in [0.05, 0.1) is 12.0 Å². The number of nitrogens with zero attached hydrogens (tertiary/aromatic N) is 2. The molecule has 1 aliphatic carbocycles. The average Bonchev–Trinajstić information content (AvgIpc) is 3.33. The summed E-state index contributed by atoms with van der Waals surface area (Å²) in [6.45, 7) is -5.95. The van der Waals surface area contributed by atoms with Crippen LogP contribution in [0.15, 0.2) is 46.3 Å². The minimum atomic E-state index is -5.48. The predicted molar refractivity (Wildman–Crippen MR) is 139 cm³/mol. The average molecular weight is 712 g/mol. The second kappa shape index (κ2) is 12.5. The lowest BCUT2D eigenvalue weighted by Crippen LogP contribution is -2.53. The van der Waals surface area contributed by atoms with Crippen molar-refractivity contribution in [3.63, 3.8) is 0 Å². The molecule has 1 aromatic carbocycles. The third-order valence-corrected chi connectivity index (χ3v) is 10.0. The Labute approximate surface area is 255 Å². The van der Waals surface area contributed by atoms with E-state index in [-0.39, 0.29) is 3.97 Å². The zero-order valence-corrected chi connectivity index (χ0v) is 24.9. The second-order valence-electron chi connectivity index (χ2n) is 9.79. The van der Waals surface area contributed by atoms with E-state index in [0.717, 1.165) is 19.2 Å². The normalized spacial score (nSPS) is 17.4. The van der Waals surface area contributed by atoms with Gasteiger partial charge in [-0.05, 0) is 37.5 Å². The minimum absolute atomic E-state index is 0.185. The van der Waals surface area contributed by atoms with Crippen molar-refractivity contribution in [2.45, 2.75) is 67.4 Å². The Hall–Kier alpha value is -3.72. The van der Waals surface area contributed by atoms with Crippen LogP contribution in [0.2, 0.25) is 0 Å². The van der Waals surface area contributed by atoms with Crippen LogP contribution in [0.4, 0.5) is 45.3 Å². The molecule has 0 saturated carbocycles. The number of aryl methyl sites for hydroxylation is 1. The highest BCUT2D eigenvalue weighted by atomic mass is 32.2. The van der Waals surface area contributed by atoms with Crippen LogP contribution in [0.5, 0.6) is 11.5 Å². The summed E-state index contributed by atoms with van der Waals surface area (Å²) in [5.41, 5.74) is -5.90. The summed E-state index contributed by atoms with van der Waals surface area (Å²) >= 11 is 0. The minimum Gasteiger partial charge on any atom is -0.493 e. The molecule has 46 heavy (non-hydrogen) atoms. The molecule has 0 unspecified atom stereocenters. The summed E-state index contributed by atoms with van der Waals surface area (Å²) in [5.74, 6) is -2.89. The lowest BCUT2D eigenvalue weighted by molar-refractivity contribution is -0.330. The molecule has 4 rings (SSSR count). The lowest BCUT2D eigenvalue weighted by Gasteiger charge is -2.38. The number of methoxy groups -OCH3 is 1. The molecule has 0 fully saturated rings. The maximum atomic E-state index is 14.2. The van der Waals surface area contributed by atoms with E-state index in [1.807, 2.05) is 0 Å². The van der Waals surface area contributed by atoms with Gasteiger partial charge in [0.25, 0.3) is 26.5 Å². The highest BCUT2D eigenvalue weighted by molar-refractivity contribution is 7.93. The third-order valence-electron chi connectivity index (χ3n) is 6.93. The number of pyridine rings is 1. The molecule has 0 aliphatic heterocycles. The molecule has 0 bridgehead atoms. The number of benzene rings is 1. The summed E-state index contributed by atoms with van der Waals surface area (Å²) in [6.07, 6.45) is -12.4. The first-order chi connectivity index (χ1) is 21.2. The van der Waals surface area contributed by atoms with Crippen LogP contribution in [0.1, 0.15) is 35.4 Å². The van der Waals surface area contributed by atoms with Crippen LogP contribution in [-0.2, 0) is 37.6 Å². The predicted octanol–water partition coefficient (Wildman–Crippen LogP) is 5.81. The van der Waals surface area contributed by atoms with Crippen molar-refractivity contribution >= 4 is 25.9 Å². The monoisotopic (exact) mass is 711 g/mol. The fourth-order valence-electron chi connectivity index (χ4n) is 4.77. The zero-order valence-electron chi connectivity index (χ0n) is 23.3. The summed E-state index contributed by atoms with van der Waals surface area (Å²) in [5, 5.41) is 0. The van der Waals surface area contributed by atoms with Crippen molar-refractivity contribution in [2.75, 3.05) is 11.8 Å². The first-order valence-electron chi connectivity index (χ1n) is 12.6. The highest BCUT2D eigenvalue weighted by Gasteiger charge is 2.60. The third kappa shape index (κ3) is 6.70. The smallest absolute Gasteiger partial charge is 0.418 e. The molecule has 1 atom stereocenters. The van der Waals surface area contributed by atoms with Gasteiger partial charge in [-0.15, -0.1) is 0 Å². The van der Waals surface area contributed by atoms with Gasteiger partial charge >= 0.3 is 19.4 Å². The molecule has 0 saturated heterocycles. The second-order valence-corrected chi connectivity index (χ2v) is 13.3. The fraction of sp³-hybridized carbons (Fsp3) is 0.400. The molecule has 254 valence electrons. The zero-order chi connectivity index (χ0) is 34.4. The number of alkyl halides is 9.